The third kappa shape index (κ3) is 5.57. The van der Waals surface area contributed by atoms with Gasteiger partial charge >= 0.3 is 6.61 Å². The molecule has 36 heavy (non-hydrogen) atoms. The minimum atomic E-state index is -2.90. The molecule has 192 valence electrons. The van der Waals surface area contributed by atoms with Crippen LogP contribution in [0.15, 0.2) is 53.0 Å². The van der Waals surface area contributed by atoms with Crippen LogP contribution in [0.5, 0.6) is 5.75 Å². The summed E-state index contributed by atoms with van der Waals surface area (Å²) in [5.74, 6) is 0.152. The first-order valence-electron chi connectivity index (χ1n) is 12.5. The van der Waals surface area contributed by atoms with Crippen molar-refractivity contribution in [1.82, 2.24) is 15.5 Å². The largest absolute Gasteiger partial charge is 0.435 e. The molecule has 2 bridgehead atoms. The number of hydrogen-bond donors (Lipinski definition) is 2. The van der Waals surface area contributed by atoms with E-state index < -0.39 is 18.1 Å². The predicted octanol–water partition coefficient (Wildman–Crippen LogP) is 4.02. The summed E-state index contributed by atoms with van der Waals surface area (Å²) < 4.78 is 30.4. The van der Waals surface area contributed by atoms with Crippen molar-refractivity contribution in [3.05, 3.63) is 64.1 Å². The molecule has 3 heterocycles. The molecule has 3 aliphatic heterocycles. The van der Waals surface area contributed by atoms with Crippen molar-refractivity contribution in [3.8, 4) is 5.75 Å². The van der Waals surface area contributed by atoms with Gasteiger partial charge in [-0.2, -0.15) is 8.78 Å². The van der Waals surface area contributed by atoms with Crippen LogP contribution in [0.1, 0.15) is 36.8 Å². The van der Waals surface area contributed by atoms with E-state index in [4.69, 9.17) is 0 Å². The van der Waals surface area contributed by atoms with Gasteiger partial charge in [0.1, 0.15) is 11.8 Å². The molecule has 0 spiro atoms. The lowest BCUT2D eigenvalue weighted by Crippen LogP contribution is -2.60. The lowest BCUT2D eigenvalue weighted by molar-refractivity contribution is -0.131. The molecule has 4 aliphatic rings. The highest BCUT2D eigenvalue weighted by atomic mass is 79.9. The summed E-state index contributed by atoms with van der Waals surface area (Å²) in [6.45, 7) is 0.120. The maximum absolute atomic E-state index is 13.5. The van der Waals surface area contributed by atoms with Crippen molar-refractivity contribution in [3.63, 3.8) is 0 Å². The standard InChI is InChI=1S/C27H30BrF2N3O3/c28-20-5-1-17(2-6-20)15-22(24(34)31-23-16-33-13-9-18(23)10-14-33)32-25(35)27(11-12-27)19-3-7-21(8-4-19)36-26(29)30/h1-8,18,22-23,26H,9-16H2,(H,31,34)(H,32,35). The summed E-state index contributed by atoms with van der Waals surface area (Å²) in [6.07, 6.45) is 3.83. The average molecular weight is 562 g/mol. The van der Waals surface area contributed by atoms with Gasteiger partial charge in [0.05, 0.1) is 5.41 Å². The summed E-state index contributed by atoms with van der Waals surface area (Å²) in [4.78, 5) is 29.4. The highest BCUT2D eigenvalue weighted by Crippen LogP contribution is 2.48. The number of benzene rings is 2. The number of nitrogens with one attached hydrogen (secondary N) is 2. The molecule has 9 heteroatoms. The normalized spacial score (nSPS) is 24.7. The van der Waals surface area contributed by atoms with Crippen molar-refractivity contribution in [1.29, 1.82) is 0 Å². The van der Waals surface area contributed by atoms with E-state index in [1.807, 2.05) is 24.3 Å². The third-order valence-corrected chi connectivity index (χ3v) is 8.30. The van der Waals surface area contributed by atoms with Crippen LogP contribution in [0.4, 0.5) is 8.78 Å². The number of piperidine rings is 3. The molecule has 1 aliphatic carbocycles. The summed E-state index contributed by atoms with van der Waals surface area (Å²) in [5, 5.41) is 6.27. The van der Waals surface area contributed by atoms with Gasteiger partial charge in [-0.1, -0.05) is 40.2 Å². The third-order valence-electron chi connectivity index (χ3n) is 7.78. The van der Waals surface area contributed by atoms with Gasteiger partial charge in [-0.15, -0.1) is 0 Å². The van der Waals surface area contributed by atoms with E-state index in [0.717, 1.165) is 48.1 Å². The van der Waals surface area contributed by atoms with Crippen LogP contribution in [0.3, 0.4) is 0 Å². The number of fused-ring (bicyclic) bond motifs is 3. The van der Waals surface area contributed by atoms with E-state index in [1.165, 1.54) is 12.1 Å². The van der Waals surface area contributed by atoms with Crippen LogP contribution in [0.25, 0.3) is 0 Å². The molecule has 2 unspecified atom stereocenters. The number of nitrogens with zero attached hydrogens (tertiary/aromatic N) is 1. The fraction of sp³-hybridized carbons (Fsp3) is 0.481. The molecule has 6 rings (SSSR count). The number of halogens is 3. The second-order valence-electron chi connectivity index (χ2n) is 10.1. The molecule has 2 aromatic rings. The summed E-state index contributed by atoms with van der Waals surface area (Å²) in [6, 6.07) is 13.3. The van der Waals surface area contributed by atoms with Gasteiger partial charge in [0, 0.05) is 23.5 Å². The molecular formula is C27H30BrF2N3O3. The van der Waals surface area contributed by atoms with Crippen molar-refractivity contribution in [2.24, 2.45) is 5.92 Å². The van der Waals surface area contributed by atoms with Crippen LogP contribution in [0, 0.1) is 5.92 Å². The zero-order valence-electron chi connectivity index (χ0n) is 19.9. The molecular weight excluding hydrogens is 532 g/mol. The number of carbonyl (C=O) groups is 2. The Morgan fingerprint density at radius 3 is 2.28 bits per heavy atom. The SMILES string of the molecule is O=C(NC1CN2CCC1CC2)C(Cc1ccc(Br)cc1)NC(=O)C1(c2ccc(OC(F)F)cc2)CC1. The number of rotatable bonds is 9. The van der Waals surface area contributed by atoms with E-state index in [0.29, 0.717) is 25.2 Å². The van der Waals surface area contributed by atoms with Gasteiger partial charge in [0.15, 0.2) is 0 Å². The topological polar surface area (TPSA) is 70.7 Å². The van der Waals surface area contributed by atoms with Crippen LogP contribution in [-0.4, -0.2) is 55.0 Å². The Morgan fingerprint density at radius 1 is 1.06 bits per heavy atom. The van der Waals surface area contributed by atoms with Gasteiger partial charge in [0.25, 0.3) is 0 Å². The van der Waals surface area contributed by atoms with E-state index in [-0.39, 0.29) is 23.6 Å². The summed E-state index contributed by atoms with van der Waals surface area (Å²) in [7, 11) is 0. The minimum Gasteiger partial charge on any atom is -0.435 e. The molecule has 2 N–H and O–H groups in total. The monoisotopic (exact) mass is 561 g/mol. The van der Waals surface area contributed by atoms with E-state index in [9.17, 15) is 18.4 Å². The molecule has 2 atom stereocenters. The van der Waals surface area contributed by atoms with E-state index in [2.05, 4.69) is 36.2 Å². The zero-order valence-corrected chi connectivity index (χ0v) is 21.5. The maximum Gasteiger partial charge on any atom is 0.387 e. The molecule has 2 amide bonds. The second-order valence-corrected chi connectivity index (χ2v) is 11.0. The minimum absolute atomic E-state index is 0.0509. The van der Waals surface area contributed by atoms with Crippen molar-refractivity contribution >= 4 is 27.7 Å². The number of amides is 2. The number of alkyl halides is 2. The summed E-state index contributed by atoms with van der Waals surface area (Å²) in [5.41, 5.74) is 0.935. The molecule has 4 fully saturated rings. The first kappa shape index (κ1) is 25.1. The maximum atomic E-state index is 13.5. The van der Waals surface area contributed by atoms with E-state index >= 15 is 0 Å². The summed E-state index contributed by atoms with van der Waals surface area (Å²) >= 11 is 3.44. The van der Waals surface area contributed by atoms with Crippen LogP contribution in [-0.2, 0) is 21.4 Å². The number of carbonyl (C=O) groups excluding carboxylic acids is 2. The molecule has 0 radical (unpaired) electrons. The Morgan fingerprint density at radius 2 is 1.72 bits per heavy atom. The van der Waals surface area contributed by atoms with Crippen molar-refractivity contribution < 1.29 is 23.1 Å². The Bertz CT molecular complexity index is 1080. The smallest absolute Gasteiger partial charge is 0.387 e. The van der Waals surface area contributed by atoms with Gasteiger partial charge in [-0.05, 0) is 80.1 Å². The first-order chi connectivity index (χ1) is 17.3. The average Bonchev–Trinajstić information content (AvgIpc) is 3.68. The van der Waals surface area contributed by atoms with Crippen molar-refractivity contribution in [2.75, 3.05) is 19.6 Å². The molecule has 6 nitrogen and oxygen atoms in total. The van der Waals surface area contributed by atoms with Crippen LogP contribution < -0.4 is 15.4 Å². The lowest BCUT2D eigenvalue weighted by atomic mass is 9.84. The number of ether oxygens (including phenoxy) is 1. The molecule has 0 aromatic heterocycles. The Kier molecular flexibility index (Phi) is 7.30. The van der Waals surface area contributed by atoms with Crippen LogP contribution >= 0.6 is 15.9 Å². The molecule has 3 saturated heterocycles. The Labute approximate surface area is 217 Å². The first-order valence-corrected chi connectivity index (χ1v) is 13.3. The fourth-order valence-corrected chi connectivity index (χ4v) is 5.77. The van der Waals surface area contributed by atoms with Gasteiger partial charge in [-0.25, -0.2) is 0 Å². The molecule has 1 saturated carbocycles. The second kappa shape index (κ2) is 10.5. The van der Waals surface area contributed by atoms with Gasteiger partial charge in [-0.3, -0.25) is 9.59 Å². The zero-order chi connectivity index (χ0) is 25.3. The number of hydrogen-bond acceptors (Lipinski definition) is 4. The molecule has 2 aromatic carbocycles. The van der Waals surface area contributed by atoms with Gasteiger partial charge < -0.3 is 20.3 Å². The highest BCUT2D eigenvalue weighted by Gasteiger charge is 2.52. The predicted molar refractivity (Wildman–Crippen MR) is 135 cm³/mol. The van der Waals surface area contributed by atoms with Crippen LogP contribution in [0.2, 0.25) is 0 Å². The highest BCUT2D eigenvalue weighted by molar-refractivity contribution is 9.10. The van der Waals surface area contributed by atoms with Crippen molar-refractivity contribution in [2.45, 2.75) is 56.2 Å². The Hall–Kier alpha value is -2.52. The van der Waals surface area contributed by atoms with E-state index in [1.54, 1.807) is 12.1 Å². The Balaban J connectivity index is 1.31. The van der Waals surface area contributed by atoms with Gasteiger partial charge in [0.2, 0.25) is 11.8 Å². The lowest BCUT2D eigenvalue weighted by Gasteiger charge is -2.45. The quantitative estimate of drug-likeness (QED) is 0.485. The fourth-order valence-electron chi connectivity index (χ4n) is 5.50.